The summed E-state index contributed by atoms with van der Waals surface area (Å²) in [6.07, 6.45) is 3.57. The third kappa shape index (κ3) is 2.88. The topological polar surface area (TPSA) is 80.7 Å². The summed E-state index contributed by atoms with van der Waals surface area (Å²) >= 11 is 2.98. The zero-order chi connectivity index (χ0) is 19.1. The van der Waals surface area contributed by atoms with Gasteiger partial charge in [-0.25, -0.2) is 9.99 Å². The normalized spacial score (nSPS) is 16.6. The second-order valence-electron chi connectivity index (χ2n) is 6.31. The van der Waals surface area contributed by atoms with E-state index in [-0.39, 0.29) is 24.1 Å². The molecular formula is C19H14N4O3S2. The first-order valence-corrected chi connectivity index (χ1v) is 10.4. The lowest BCUT2D eigenvalue weighted by atomic mass is 10.1. The highest BCUT2D eigenvalue weighted by atomic mass is 32.1. The van der Waals surface area contributed by atoms with Gasteiger partial charge in [-0.3, -0.25) is 14.2 Å². The number of carbonyl (C=O) groups excluding carboxylic acids is 1. The number of hydrogen-bond donors (Lipinski definition) is 0. The maximum absolute atomic E-state index is 13.1. The van der Waals surface area contributed by atoms with Crippen LogP contribution in [0.15, 0.2) is 68.0 Å². The van der Waals surface area contributed by atoms with Crippen LogP contribution < -0.4 is 5.56 Å². The minimum absolute atomic E-state index is 0.129. The van der Waals surface area contributed by atoms with Gasteiger partial charge in [0.1, 0.15) is 23.2 Å². The molecule has 0 fully saturated rings. The largest absolute Gasteiger partial charge is 0.467 e. The molecule has 28 heavy (non-hydrogen) atoms. The lowest BCUT2D eigenvalue weighted by molar-refractivity contribution is -0.134. The molecule has 1 aliphatic rings. The predicted octanol–water partition coefficient (Wildman–Crippen LogP) is 3.49. The number of aromatic nitrogens is 2. The highest BCUT2D eigenvalue weighted by molar-refractivity contribution is 7.16. The van der Waals surface area contributed by atoms with Gasteiger partial charge in [0.25, 0.3) is 11.5 Å². The van der Waals surface area contributed by atoms with Gasteiger partial charge in [0.15, 0.2) is 0 Å². The quantitative estimate of drug-likeness (QED) is 0.516. The molecule has 0 bridgehead atoms. The molecule has 140 valence electrons. The van der Waals surface area contributed by atoms with Crippen LogP contribution in [-0.4, -0.2) is 26.2 Å². The van der Waals surface area contributed by atoms with E-state index in [1.54, 1.807) is 29.7 Å². The van der Waals surface area contributed by atoms with Crippen LogP contribution in [0.4, 0.5) is 0 Å². The minimum Gasteiger partial charge on any atom is -0.467 e. The smallest absolute Gasteiger partial charge is 0.263 e. The van der Waals surface area contributed by atoms with Gasteiger partial charge in [0.05, 0.1) is 28.6 Å². The first kappa shape index (κ1) is 17.1. The van der Waals surface area contributed by atoms with E-state index in [9.17, 15) is 9.59 Å². The Kier molecular flexibility index (Phi) is 4.18. The van der Waals surface area contributed by atoms with Crippen LogP contribution in [0.1, 0.15) is 23.1 Å². The first-order chi connectivity index (χ1) is 13.7. The number of nitrogens with zero attached hydrogens (tertiary/aromatic N) is 4. The van der Waals surface area contributed by atoms with Gasteiger partial charge >= 0.3 is 0 Å². The van der Waals surface area contributed by atoms with Gasteiger partial charge in [-0.2, -0.15) is 5.10 Å². The van der Waals surface area contributed by atoms with Crippen molar-refractivity contribution in [3.8, 4) is 0 Å². The monoisotopic (exact) mass is 410 g/mol. The Hall–Kier alpha value is -3.04. The molecule has 0 aliphatic carbocycles. The molecule has 0 aromatic carbocycles. The zero-order valence-corrected chi connectivity index (χ0v) is 16.2. The van der Waals surface area contributed by atoms with Crippen LogP contribution in [0.25, 0.3) is 10.2 Å². The number of hydrogen-bond acceptors (Lipinski definition) is 7. The van der Waals surface area contributed by atoms with Crippen molar-refractivity contribution in [3.63, 3.8) is 0 Å². The zero-order valence-electron chi connectivity index (χ0n) is 14.5. The summed E-state index contributed by atoms with van der Waals surface area (Å²) in [7, 11) is 0. The number of thiophene rings is 2. The number of hydrazone groups is 1. The number of carbonyl (C=O) groups is 1. The Morgan fingerprint density at radius 3 is 2.93 bits per heavy atom. The van der Waals surface area contributed by atoms with Crippen LogP contribution in [0.2, 0.25) is 0 Å². The SMILES string of the molecule is O=C(Cn1cnc2sccc2c1=O)N1N=C(c2cccs2)CC1c1ccco1. The second kappa shape index (κ2) is 6.84. The molecule has 9 heteroatoms. The summed E-state index contributed by atoms with van der Waals surface area (Å²) in [6, 6.07) is 8.97. The van der Waals surface area contributed by atoms with Gasteiger partial charge < -0.3 is 4.42 Å². The molecule has 7 nitrogen and oxygen atoms in total. The first-order valence-electron chi connectivity index (χ1n) is 8.60. The molecule has 5 heterocycles. The molecule has 1 unspecified atom stereocenters. The second-order valence-corrected chi connectivity index (χ2v) is 8.16. The Balaban J connectivity index is 1.48. The predicted molar refractivity (Wildman–Crippen MR) is 108 cm³/mol. The summed E-state index contributed by atoms with van der Waals surface area (Å²) in [5.74, 6) is 0.383. The molecule has 4 aromatic heterocycles. The summed E-state index contributed by atoms with van der Waals surface area (Å²) in [6.45, 7) is -0.129. The molecule has 5 rings (SSSR count). The van der Waals surface area contributed by atoms with Crippen molar-refractivity contribution in [2.45, 2.75) is 19.0 Å². The van der Waals surface area contributed by atoms with Crippen LogP contribution >= 0.6 is 22.7 Å². The third-order valence-electron chi connectivity index (χ3n) is 4.60. The van der Waals surface area contributed by atoms with Crippen molar-refractivity contribution in [1.82, 2.24) is 14.6 Å². The number of fused-ring (bicyclic) bond motifs is 1. The van der Waals surface area contributed by atoms with Crippen molar-refractivity contribution < 1.29 is 9.21 Å². The summed E-state index contributed by atoms with van der Waals surface area (Å²) in [5, 5.41) is 10.3. The van der Waals surface area contributed by atoms with Gasteiger partial charge in [-0.05, 0) is 35.0 Å². The highest BCUT2D eigenvalue weighted by Crippen LogP contribution is 2.34. The summed E-state index contributed by atoms with van der Waals surface area (Å²) in [4.78, 5) is 31.6. The molecule has 1 amide bonds. The van der Waals surface area contributed by atoms with E-state index in [1.165, 1.54) is 27.2 Å². The Labute approximate surface area is 167 Å². The average Bonchev–Trinajstić information content (AvgIpc) is 3.48. The van der Waals surface area contributed by atoms with Crippen molar-refractivity contribution in [3.05, 3.63) is 74.7 Å². The third-order valence-corrected chi connectivity index (χ3v) is 6.34. The lowest BCUT2D eigenvalue weighted by Crippen LogP contribution is -2.33. The average molecular weight is 410 g/mol. The van der Waals surface area contributed by atoms with Crippen LogP contribution in [-0.2, 0) is 11.3 Å². The number of amides is 1. The molecular weight excluding hydrogens is 396 g/mol. The summed E-state index contributed by atoms with van der Waals surface area (Å²) in [5.41, 5.74) is 0.610. The van der Waals surface area contributed by atoms with E-state index in [0.29, 0.717) is 22.4 Å². The van der Waals surface area contributed by atoms with E-state index < -0.39 is 0 Å². The standard InChI is InChI=1S/C19H14N4O3S2/c24-17(10-22-11-20-18-12(19(22)25)5-8-28-18)23-14(15-3-1-6-26-15)9-13(21-23)16-4-2-7-27-16/h1-8,11,14H,9-10H2. The van der Waals surface area contributed by atoms with E-state index in [0.717, 1.165) is 10.6 Å². The highest BCUT2D eigenvalue weighted by Gasteiger charge is 2.35. The Morgan fingerprint density at radius 1 is 1.21 bits per heavy atom. The van der Waals surface area contributed by atoms with E-state index >= 15 is 0 Å². The fourth-order valence-electron chi connectivity index (χ4n) is 3.26. The van der Waals surface area contributed by atoms with Gasteiger partial charge in [0, 0.05) is 6.42 Å². The molecule has 1 aliphatic heterocycles. The van der Waals surface area contributed by atoms with E-state index in [2.05, 4.69) is 10.1 Å². The number of rotatable bonds is 4. The lowest BCUT2D eigenvalue weighted by Gasteiger charge is -2.20. The van der Waals surface area contributed by atoms with Crippen LogP contribution in [0, 0.1) is 0 Å². The number of furan rings is 1. The van der Waals surface area contributed by atoms with Crippen molar-refractivity contribution in [2.24, 2.45) is 5.10 Å². The molecule has 1 atom stereocenters. The van der Waals surface area contributed by atoms with Gasteiger partial charge in [0.2, 0.25) is 0 Å². The molecule has 4 aromatic rings. The molecule has 0 saturated heterocycles. The maximum Gasteiger partial charge on any atom is 0.263 e. The summed E-state index contributed by atoms with van der Waals surface area (Å²) < 4.78 is 6.87. The van der Waals surface area contributed by atoms with Crippen molar-refractivity contribution in [1.29, 1.82) is 0 Å². The minimum atomic E-state index is -0.326. The maximum atomic E-state index is 13.1. The van der Waals surface area contributed by atoms with Gasteiger partial charge in [-0.15, -0.1) is 22.7 Å². The fourth-order valence-corrected chi connectivity index (χ4v) is 4.70. The van der Waals surface area contributed by atoms with E-state index in [4.69, 9.17) is 4.42 Å². The van der Waals surface area contributed by atoms with Crippen LogP contribution in [0.3, 0.4) is 0 Å². The fraction of sp³-hybridized carbons (Fsp3) is 0.158. The van der Waals surface area contributed by atoms with Crippen molar-refractivity contribution in [2.75, 3.05) is 0 Å². The van der Waals surface area contributed by atoms with Gasteiger partial charge in [-0.1, -0.05) is 6.07 Å². The van der Waals surface area contributed by atoms with E-state index in [1.807, 2.05) is 29.0 Å². The Bertz CT molecular complexity index is 1220. The molecule has 0 saturated carbocycles. The van der Waals surface area contributed by atoms with Crippen LogP contribution in [0.5, 0.6) is 0 Å². The van der Waals surface area contributed by atoms with Crippen molar-refractivity contribution >= 4 is 44.5 Å². The molecule has 0 N–H and O–H groups in total. The Morgan fingerprint density at radius 2 is 2.14 bits per heavy atom. The molecule has 0 radical (unpaired) electrons. The molecule has 0 spiro atoms.